The van der Waals surface area contributed by atoms with Crippen molar-refractivity contribution in [2.45, 2.75) is 0 Å². The second-order valence-electron chi connectivity index (χ2n) is 6.14. The van der Waals surface area contributed by atoms with Crippen LogP contribution in [0.3, 0.4) is 0 Å². The number of rotatable bonds is 5. The van der Waals surface area contributed by atoms with Crippen molar-refractivity contribution in [1.29, 1.82) is 0 Å². The van der Waals surface area contributed by atoms with Crippen molar-refractivity contribution in [3.05, 3.63) is 71.9 Å². The van der Waals surface area contributed by atoms with Gasteiger partial charge in [0.15, 0.2) is 22.9 Å². The van der Waals surface area contributed by atoms with E-state index in [4.69, 9.17) is 33.0 Å². The van der Waals surface area contributed by atoms with Crippen LogP contribution in [0.2, 0.25) is 5.02 Å². The molecule has 0 saturated heterocycles. The second-order valence-corrected chi connectivity index (χ2v) is 6.96. The molecule has 0 saturated carbocycles. The Balaban J connectivity index is 1.41. The van der Waals surface area contributed by atoms with Gasteiger partial charge in [0.05, 0.1) is 10.7 Å². The summed E-state index contributed by atoms with van der Waals surface area (Å²) in [7, 11) is 0. The molecule has 0 aliphatic rings. The van der Waals surface area contributed by atoms with E-state index in [2.05, 4.69) is 20.6 Å². The number of halogens is 1. The summed E-state index contributed by atoms with van der Waals surface area (Å²) in [6.07, 6.45) is 1.64. The minimum atomic E-state index is -0.395. The number of nitrogens with zero attached hydrogens (tertiary/aromatic N) is 2. The average molecular weight is 439 g/mol. The smallest absolute Gasteiger partial charge is 0.264 e. The number of fused-ring (bicyclic) bond motifs is 1. The van der Waals surface area contributed by atoms with E-state index in [1.807, 2.05) is 18.2 Å². The second kappa shape index (κ2) is 8.89. The standard InChI is InChI=1S/C21H15ClN4O3S/c22-15-9-8-13(20-26-19-17(29-20)7-4-10-23-19)11-16(15)24-21(30)25-18(27)12-28-14-5-2-1-3-6-14/h1-11H,12H2,(H2,24,25,27,30). The Kier molecular flexibility index (Phi) is 5.87. The van der Waals surface area contributed by atoms with Gasteiger partial charge in [-0.1, -0.05) is 29.8 Å². The molecule has 2 aromatic carbocycles. The summed E-state index contributed by atoms with van der Waals surface area (Å²) in [4.78, 5) is 20.6. The molecule has 7 nitrogen and oxygen atoms in total. The summed E-state index contributed by atoms with van der Waals surface area (Å²) in [5.41, 5.74) is 2.27. The molecule has 0 unspecified atom stereocenters. The molecular formula is C21H15ClN4O3S. The third-order valence-electron chi connectivity index (χ3n) is 3.99. The van der Waals surface area contributed by atoms with Crippen LogP contribution in [0.1, 0.15) is 0 Å². The highest BCUT2D eigenvalue weighted by atomic mass is 35.5. The predicted octanol–water partition coefficient (Wildman–Crippen LogP) is 4.44. The number of hydrogen-bond donors (Lipinski definition) is 2. The first kappa shape index (κ1) is 19.8. The summed E-state index contributed by atoms with van der Waals surface area (Å²) in [5.74, 6) is 0.596. The number of oxazole rings is 1. The minimum absolute atomic E-state index is 0.0925. The number of benzene rings is 2. The highest BCUT2D eigenvalue weighted by Crippen LogP contribution is 2.30. The van der Waals surface area contributed by atoms with Crippen LogP contribution in [0.25, 0.3) is 22.7 Å². The maximum atomic E-state index is 12.1. The van der Waals surface area contributed by atoms with Crippen LogP contribution in [0.15, 0.2) is 71.3 Å². The molecule has 2 aromatic heterocycles. The number of nitrogens with one attached hydrogen (secondary N) is 2. The van der Waals surface area contributed by atoms with Gasteiger partial charge >= 0.3 is 0 Å². The Morgan fingerprint density at radius 1 is 1.13 bits per heavy atom. The molecule has 0 bridgehead atoms. The monoisotopic (exact) mass is 438 g/mol. The van der Waals surface area contributed by atoms with Gasteiger partial charge in [0.2, 0.25) is 5.89 Å². The van der Waals surface area contributed by atoms with Crippen molar-refractivity contribution in [3.8, 4) is 17.2 Å². The van der Waals surface area contributed by atoms with E-state index in [-0.39, 0.29) is 11.7 Å². The van der Waals surface area contributed by atoms with Crippen molar-refractivity contribution < 1.29 is 13.9 Å². The number of ether oxygens (including phenoxy) is 1. The first-order valence-corrected chi connectivity index (χ1v) is 9.67. The molecule has 4 aromatic rings. The zero-order valence-electron chi connectivity index (χ0n) is 15.5. The lowest BCUT2D eigenvalue weighted by Gasteiger charge is -2.12. The van der Waals surface area contributed by atoms with Crippen LogP contribution < -0.4 is 15.4 Å². The van der Waals surface area contributed by atoms with Crippen LogP contribution in [-0.2, 0) is 4.79 Å². The van der Waals surface area contributed by atoms with Crippen molar-refractivity contribution in [2.75, 3.05) is 11.9 Å². The number of aromatic nitrogens is 2. The van der Waals surface area contributed by atoms with Crippen LogP contribution in [0.4, 0.5) is 5.69 Å². The van der Waals surface area contributed by atoms with Crippen molar-refractivity contribution in [3.63, 3.8) is 0 Å². The number of thiocarbonyl (C=S) groups is 1. The van der Waals surface area contributed by atoms with Gasteiger partial charge in [0.1, 0.15) is 5.75 Å². The first-order chi connectivity index (χ1) is 14.6. The summed E-state index contributed by atoms with van der Waals surface area (Å²) < 4.78 is 11.1. The number of pyridine rings is 1. The number of amides is 1. The van der Waals surface area contributed by atoms with Crippen molar-refractivity contribution in [2.24, 2.45) is 0 Å². The molecule has 2 heterocycles. The van der Waals surface area contributed by atoms with Gasteiger partial charge in [0, 0.05) is 11.8 Å². The van der Waals surface area contributed by atoms with Gasteiger partial charge in [0.25, 0.3) is 5.91 Å². The number of carbonyl (C=O) groups excluding carboxylic acids is 1. The van der Waals surface area contributed by atoms with Gasteiger partial charge in [-0.3, -0.25) is 10.1 Å². The molecule has 150 valence electrons. The SMILES string of the molecule is O=C(COc1ccccc1)NC(=S)Nc1cc(-c2nc3ncccc3o2)ccc1Cl. The Hall–Kier alpha value is -3.49. The molecule has 30 heavy (non-hydrogen) atoms. The van der Waals surface area contributed by atoms with Gasteiger partial charge in [-0.25, -0.2) is 4.98 Å². The third-order valence-corrected chi connectivity index (χ3v) is 4.53. The fraction of sp³-hybridized carbons (Fsp3) is 0.0476. The van der Waals surface area contributed by atoms with Gasteiger partial charge < -0.3 is 14.5 Å². The normalized spacial score (nSPS) is 10.6. The topological polar surface area (TPSA) is 89.3 Å². The zero-order chi connectivity index (χ0) is 20.9. The summed E-state index contributed by atoms with van der Waals surface area (Å²) in [6, 6.07) is 17.8. The largest absolute Gasteiger partial charge is 0.484 e. The van der Waals surface area contributed by atoms with E-state index in [1.54, 1.807) is 48.7 Å². The first-order valence-electron chi connectivity index (χ1n) is 8.88. The Labute approximate surface area is 182 Å². The highest BCUT2D eigenvalue weighted by molar-refractivity contribution is 7.80. The van der Waals surface area contributed by atoms with E-state index >= 15 is 0 Å². The molecule has 0 radical (unpaired) electrons. The van der Waals surface area contributed by atoms with Gasteiger partial charge in [-0.05, 0) is 54.7 Å². The molecule has 9 heteroatoms. The van der Waals surface area contributed by atoms with Crippen LogP contribution >= 0.6 is 23.8 Å². The summed E-state index contributed by atoms with van der Waals surface area (Å²) in [5, 5.41) is 5.98. The molecule has 0 fully saturated rings. The molecule has 2 N–H and O–H groups in total. The number of para-hydroxylation sites is 1. The molecule has 4 rings (SSSR count). The molecule has 0 atom stereocenters. The van der Waals surface area contributed by atoms with E-state index in [9.17, 15) is 4.79 Å². The van der Waals surface area contributed by atoms with Crippen LogP contribution in [0, 0.1) is 0 Å². The van der Waals surface area contributed by atoms with Crippen molar-refractivity contribution in [1.82, 2.24) is 15.3 Å². The molecule has 0 spiro atoms. The number of anilines is 1. The summed E-state index contributed by atoms with van der Waals surface area (Å²) in [6.45, 7) is -0.171. The van der Waals surface area contributed by atoms with E-state index < -0.39 is 5.91 Å². The maximum absolute atomic E-state index is 12.1. The Morgan fingerprint density at radius 2 is 1.97 bits per heavy atom. The molecular weight excluding hydrogens is 424 g/mol. The van der Waals surface area contributed by atoms with Crippen molar-refractivity contribution >= 4 is 51.8 Å². The van der Waals surface area contributed by atoms with E-state index in [0.29, 0.717) is 39.1 Å². The Bertz CT molecular complexity index is 1180. The number of hydrogen-bond acceptors (Lipinski definition) is 6. The zero-order valence-corrected chi connectivity index (χ0v) is 17.0. The Morgan fingerprint density at radius 3 is 2.77 bits per heavy atom. The van der Waals surface area contributed by atoms with Crippen LogP contribution in [-0.4, -0.2) is 27.6 Å². The minimum Gasteiger partial charge on any atom is -0.484 e. The summed E-state index contributed by atoms with van der Waals surface area (Å²) >= 11 is 11.5. The molecule has 0 aliphatic heterocycles. The maximum Gasteiger partial charge on any atom is 0.264 e. The van der Waals surface area contributed by atoms with Gasteiger partial charge in [-0.2, -0.15) is 4.98 Å². The highest BCUT2D eigenvalue weighted by Gasteiger charge is 2.13. The number of carbonyl (C=O) groups is 1. The fourth-order valence-electron chi connectivity index (χ4n) is 2.63. The lowest BCUT2D eigenvalue weighted by molar-refractivity contribution is -0.121. The molecule has 0 aliphatic carbocycles. The lowest BCUT2D eigenvalue weighted by Crippen LogP contribution is -2.37. The van der Waals surface area contributed by atoms with Gasteiger partial charge in [-0.15, -0.1) is 0 Å². The fourth-order valence-corrected chi connectivity index (χ4v) is 3.02. The van der Waals surface area contributed by atoms with E-state index in [1.165, 1.54) is 0 Å². The third kappa shape index (κ3) is 4.73. The average Bonchev–Trinajstić information content (AvgIpc) is 3.19. The predicted molar refractivity (Wildman–Crippen MR) is 119 cm³/mol. The lowest BCUT2D eigenvalue weighted by atomic mass is 10.2. The van der Waals surface area contributed by atoms with Crippen LogP contribution in [0.5, 0.6) is 5.75 Å². The molecule has 1 amide bonds. The quantitative estimate of drug-likeness (QED) is 0.445. The van der Waals surface area contributed by atoms with E-state index in [0.717, 1.165) is 0 Å².